The summed E-state index contributed by atoms with van der Waals surface area (Å²) in [6.07, 6.45) is 0.745. The standard InChI is InChI=1S/C25H29Cl2N5O7S/c1-25(2,3)39-24(34)30-15-11-40(35,36)10-14(15)29-23-28-9-12-7-13(22(33)32(4)21(12)31-23)18-19(26)16(37-5)8-17(38-6)20(18)27/h7-9,14-15H,10-11H2,1-6H3,(H,30,34)(H,28,29,31)/t14?,15-/m0/s1. The van der Waals surface area contributed by atoms with Gasteiger partial charge in [0.05, 0.1) is 53.4 Å². The molecule has 0 saturated carbocycles. The predicted octanol–water partition coefficient (Wildman–Crippen LogP) is 3.42. The zero-order valence-electron chi connectivity index (χ0n) is 22.7. The van der Waals surface area contributed by atoms with E-state index in [2.05, 4.69) is 20.6 Å². The maximum atomic E-state index is 13.5. The number of pyridine rings is 1. The van der Waals surface area contributed by atoms with Gasteiger partial charge >= 0.3 is 6.09 Å². The van der Waals surface area contributed by atoms with E-state index in [1.165, 1.54) is 38.1 Å². The van der Waals surface area contributed by atoms with E-state index in [9.17, 15) is 18.0 Å². The SMILES string of the molecule is COc1cc(OC)c(Cl)c(-c2cc3cnc(NC4CS(=O)(=O)C[C@@H]4NC(=O)OC(C)(C)C)nc3n(C)c2=O)c1Cl. The van der Waals surface area contributed by atoms with Gasteiger partial charge in [0.15, 0.2) is 9.84 Å². The average Bonchev–Trinajstić information content (AvgIpc) is 3.13. The van der Waals surface area contributed by atoms with Crippen LogP contribution >= 0.6 is 23.2 Å². The number of hydrogen-bond acceptors (Lipinski definition) is 10. The van der Waals surface area contributed by atoms with E-state index in [1.54, 1.807) is 26.8 Å². The Hall–Kier alpha value is -3.29. The predicted molar refractivity (Wildman–Crippen MR) is 153 cm³/mol. The summed E-state index contributed by atoms with van der Waals surface area (Å²) >= 11 is 13.1. The number of sulfone groups is 1. The first kappa shape index (κ1) is 29.7. The number of hydrogen-bond donors (Lipinski definition) is 2. The highest BCUT2D eigenvalue weighted by molar-refractivity contribution is 7.91. The van der Waals surface area contributed by atoms with Crippen molar-refractivity contribution in [3.05, 3.63) is 38.7 Å². The average molecular weight is 615 g/mol. The number of carbonyl (C=O) groups is 1. The molecule has 15 heteroatoms. The summed E-state index contributed by atoms with van der Waals surface area (Å²) in [7, 11) is 0.934. The Morgan fingerprint density at radius 2 is 1.68 bits per heavy atom. The Morgan fingerprint density at radius 1 is 1.07 bits per heavy atom. The molecular formula is C25H29Cl2N5O7S. The molecule has 2 N–H and O–H groups in total. The van der Waals surface area contributed by atoms with Crippen molar-refractivity contribution in [1.29, 1.82) is 0 Å². The van der Waals surface area contributed by atoms with Crippen molar-refractivity contribution in [3.8, 4) is 22.6 Å². The molecule has 0 radical (unpaired) electrons. The van der Waals surface area contributed by atoms with E-state index in [1.807, 2.05) is 0 Å². The van der Waals surface area contributed by atoms with Crippen molar-refractivity contribution >= 4 is 56.1 Å². The summed E-state index contributed by atoms with van der Waals surface area (Å²) in [4.78, 5) is 34.5. The van der Waals surface area contributed by atoms with Crippen LogP contribution in [0.1, 0.15) is 20.8 Å². The minimum absolute atomic E-state index is 0.0763. The van der Waals surface area contributed by atoms with Crippen LogP contribution < -0.4 is 25.7 Å². The molecular weight excluding hydrogens is 585 g/mol. The van der Waals surface area contributed by atoms with Gasteiger partial charge in [0.25, 0.3) is 5.56 Å². The van der Waals surface area contributed by atoms with Gasteiger partial charge in [-0.2, -0.15) is 4.98 Å². The number of nitrogens with one attached hydrogen (secondary N) is 2. The number of rotatable bonds is 6. The van der Waals surface area contributed by atoms with Gasteiger partial charge in [0.1, 0.15) is 22.7 Å². The third-order valence-electron chi connectivity index (χ3n) is 6.16. The molecule has 3 heterocycles. The van der Waals surface area contributed by atoms with Crippen molar-refractivity contribution in [2.75, 3.05) is 31.0 Å². The van der Waals surface area contributed by atoms with Crippen LogP contribution in [0.15, 0.2) is 23.1 Å². The van der Waals surface area contributed by atoms with Crippen LogP contribution in [-0.2, 0) is 21.6 Å². The zero-order valence-corrected chi connectivity index (χ0v) is 25.0. The number of alkyl carbamates (subject to hydrolysis) is 1. The van der Waals surface area contributed by atoms with Gasteiger partial charge in [-0.25, -0.2) is 18.2 Å². The highest BCUT2D eigenvalue weighted by Gasteiger charge is 2.40. The first-order valence-corrected chi connectivity index (χ1v) is 14.7. The van der Waals surface area contributed by atoms with E-state index in [0.717, 1.165) is 0 Å². The van der Waals surface area contributed by atoms with Crippen molar-refractivity contribution in [1.82, 2.24) is 19.9 Å². The minimum Gasteiger partial charge on any atom is -0.495 e. The molecule has 1 saturated heterocycles. The number of nitrogens with zero attached hydrogens (tertiary/aromatic N) is 3. The van der Waals surface area contributed by atoms with Crippen molar-refractivity contribution < 1.29 is 27.4 Å². The zero-order chi connectivity index (χ0) is 29.6. The number of aryl methyl sites for hydroxylation is 1. The summed E-state index contributed by atoms with van der Waals surface area (Å²) < 4.78 is 42.0. The van der Waals surface area contributed by atoms with Gasteiger partial charge in [-0.15, -0.1) is 0 Å². The van der Waals surface area contributed by atoms with Crippen LogP contribution in [0.2, 0.25) is 10.0 Å². The van der Waals surface area contributed by atoms with Gasteiger partial charge in [-0.05, 0) is 26.8 Å². The maximum absolute atomic E-state index is 13.5. The topological polar surface area (TPSA) is 151 Å². The van der Waals surface area contributed by atoms with Crippen LogP contribution in [-0.4, -0.2) is 72.5 Å². The summed E-state index contributed by atoms with van der Waals surface area (Å²) in [6, 6.07) is 1.57. The number of fused-ring (bicyclic) bond motifs is 1. The lowest BCUT2D eigenvalue weighted by Gasteiger charge is -2.24. The van der Waals surface area contributed by atoms with Crippen LogP contribution in [0.5, 0.6) is 11.5 Å². The van der Waals surface area contributed by atoms with Crippen LogP contribution in [0.25, 0.3) is 22.2 Å². The summed E-state index contributed by atoms with van der Waals surface area (Å²) in [5, 5.41) is 6.35. The third kappa shape index (κ3) is 6.06. The summed E-state index contributed by atoms with van der Waals surface area (Å²) in [6.45, 7) is 5.12. The quantitative estimate of drug-likeness (QED) is 0.423. The second-order valence-corrected chi connectivity index (χ2v) is 13.2. The molecule has 40 heavy (non-hydrogen) atoms. The van der Waals surface area contributed by atoms with Crippen LogP contribution in [0.4, 0.5) is 10.7 Å². The summed E-state index contributed by atoms with van der Waals surface area (Å²) in [5.74, 6) is 0.105. The Kier molecular flexibility index (Phi) is 8.12. The third-order valence-corrected chi connectivity index (χ3v) is 8.65. The van der Waals surface area contributed by atoms with Gasteiger partial charge in [-0.1, -0.05) is 23.2 Å². The number of anilines is 1. The molecule has 12 nitrogen and oxygen atoms in total. The molecule has 1 aliphatic heterocycles. The Morgan fingerprint density at radius 3 is 2.25 bits per heavy atom. The monoisotopic (exact) mass is 613 g/mol. The molecule has 4 rings (SSSR count). The normalized spacial score (nSPS) is 18.4. The fourth-order valence-electron chi connectivity index (χ4n) is 4.37. The van der Waals surface area contributed by atoms with Crippen LogP contribution in [0, 0.1) is 0 Å². The van der Waals surface area contributed by atoms with E-state index in [0.29, 0.717) is 5.39 Å². The number of methoxy groups -OCH3 is 2. The lowest BCUT2D eigenvalue weighted by Crippen LogP contribution is -2.47. The van der Waals surface area contributed by atoms with E-state index < -0.39 is 39.2 Å². The maximum Gasteiger partial charge on any atom is 0.407 e. The Balaban J connectivity index is 1.70. The number of amides is 1. The Labute approximate surface area is 240 Å². The molecule has 1 aromatic carbocycles. The first-order valence-electron chi connectivity index (χ1n) is 12.1. The largest absolute Gasteiger partial charge is 0.495 e. The molecule has 1 amide bonds. The number of carbonyl (C=O) groups excluding carboxylic acids is 1. The van der Waals surface area contributed by atoms with Crippen molar-refractivity contribution in [2.24, 2.45) is 7.05 Å². The second kappa shape index (κ2) is 10.9. The first-order chi connectivity index (χ1) is 18.6. The molecule has 0 aliphatic carbocycles. The van der Waals surface area contributed by atoms with Crippen molar-refractivity contribution in [3.63, 3.8) is 0 Å². The van der Waals surface area contributed by atoms with Crippen molar-refractivity contribution in [2.45, 2.75) is 38.5 Å². The highest BCUT2D eigenvalue weighted by Crippen LogP contribution is 2.45. The lowest BCUT2D eigenvalue weighted by atomic mass is 10.0. The number of benzene rings is 1. The second-order valence-electron chi connectivity index (χ2n) is 10.3. The molecule has 3 aromatic rings. The van der Waals surface area contributed by atoms with E-state index in [-0.39, 0.29) is 55.8 Å². The smallest absolute Gasteiger partial charge is 0.407 e. The molecule has 0 spiro atoms. The number of halogens is 2. The number of ether oxygens (including phenoxy) is 3. The molecule has 1 fully saturated rings. The number of aromatic nitrogens is 3. The fourth-order valence-corrected chi connectivity index (χ4v) is 6.94. The van der Waals surface area contributed by atoms with Gasteiger partial charge in [-0.3, -0.25) is 9.36 Å². The van der Waals surface area contributed by atoms with Crippen LogP contribution in [0.3, 0.4) is 0 Å². The molecule has 0 bridgehead atoms. The molecule has 1 unspecified atom stereocenters. The fraction of sp³-hybridized carbons (Fsp3) is 0.440. The van der Waals surface area contributed by atoms with Gasteiger partial charge in [0.2, 0.25) is 5.95 Å². The van der Waals surface area contributed by atoms with Gasteiger partial charge < -0.3 is 24.8 Å². The minimum atomic E-state index is -3.46. The van der Waals surface area contributed by atoms with Gasteiger partial charge in [0, 0.05) is 30.3 Å². The molecule has 216 valence electrons. The van der Waals surface area contributed by atoms with E-state index >= 15 is 0 Å². The Bertz CT molecular complexity index is 1630. The molecule has 2 aromatic heterocycles. The molecule has 1 aliphatic rings. The molecule has 2 atom stereocenters. The highest BCUT2D eigenvalue weighted by atomic mass is 35.5. The van der Waals surface area contributed by atoms with E-state index in [4.69, 9.17) is 37.4 Å². The summed E-state index contributed by atoms with van der Waals surface area (Å²) in [5.41, 5.74) is -0.526. The lowest BCUT2D eigenvalue weighted by molar-refractivity contribution is 0.0507.